The topological polar surface area (TPSA) is 50.2 Å². The smallest absolute Gasteiger partial charge is 0.244 e. The summed E-state index contributed by atoms with van der Waals surface area (Å²) in [5.74, 6) is 0.998. The molecule has 17 heavy (non-hydrogen) atoms. The zero-order chi connectivity index (χ0) is 12.4. The number of fused-ring (bicyclic) bond motifs is 1. The Morgan fingerprint density at radius 2 is 2.35 bits per heavy atom. The number of hydrogen-bond acceptors (Lipinski definition) is 3. The van der Waals surface area contributed by atoms with Gasteiger partial charge < -0.3 is 10.2 Å². The molecule has 1 amide bonds. The quantitative estimate of drug-likeness (QED) is 0.799. The Bertz CT molecular complexity index is 450. The number of aromatic nitrogens is 2. The Morgan fingerprint density at radius 3 is 3.00 bits per heavy atom. The second kappa shape index (κ2) is 4.61. The molecule has 0 aliphatic carbocycles. The van der Waals surface area contributed by atoms with Gasteiger partial charge in [0.25, 0.3) is 0 Å². The fraction of sp³-hybridized carbons (Fsp3) is 0.500. The lowest BCUT2D eigenvalue weighted by atomic mass is 10.2. The molecule has 1 aromatic rings. The van der Waals surface area contributed by atoms with Gasteiger partial charge >= 0.3 is 0 Å². The van der Waals surface area contributed by atoms with E-state index in [1.807, 2.05) is 16.6 Å². The molecular formula is C12H18N4O. The summed E-state index contributed by atoms with van der Waals surface area (Å²) in [5, 5.41) is 7.40. The standard InChI is InChI=1S/C12H18N4O/c1-4-6-9-11-12(15(3)14-9)16(7-5-2)8-10(17)13-11/h5H,2,4,6-8H2,1,3H3,(H,13,17). The van der Waals surface area contributed by atoms with E-state index in [0.717, 1.165) is 30.0 Å². The molecule has 0 fully saturated rings. The van der Waals surface area contributed by atoms with Crippen molar-refractivity contribution in [2.45, 2.75) is 19.8 Å². The van der Waals surface area contributed by atoms with Crippen molar-refractivity contribution in [1.29, 1.82) is 0 Å². The van der Waals surface area contributed by atoms with Gasteiger partial charge in [-0.05, 0) is 6.42 Å². The zero-order valence-electron chi connectivity index (χ0n) is 10.4. The summed E-state index contributed by atoms with van der Waals surface area (Å²) < 4.78 is 1.84. The number of rotatable bonds is 4. The van der Waals surface area contributed by atoms with Crippen LogP contribution >= 0.6 is 0 Å². The lowest BCUT2D eigenvalue weighted by molar-refractivity contribution is -0.115. The van der Waals surface area contributed by atoms with Crippen LogP contribution in [0.4, 0.5) is 11.5 Å². The molecular weight excluding hydrogens is 216 g/mol. The molecule has 0 aromatic carbocycles. The molecule has 5 heteroatoms. The second-order valence-corrected chi connectivity index (χ2v) is 4.24. The third-order valence-corrected chi connectivity index (χ3v) is 2.82. The maximum atomic E-state index is 11.7. The maximum Gasteiger partial charge on any atom is 0.244 e. The second-order valence-electron chi connectivity index (χ2n) is 4.24. The zero-order valence-corrected chi connectivity index (χ0v) is 10.4. The first-order valence-electron chi connectivity index (χ1n) is 5.89. The van der Waals surface area contributed by atoms with Gasteiger partial charge in [-0.1, -0.05) is 19.4 Å². The number of hydrogen-bond donors (Lipinski definition) is 1. The Hall–Kier alpha value is -1.78. The van der Waals surface area contributed by atoms with E-state index in [-0.39, 0.29) is 5.91 Å². The molecule has 1 aliphatic heterocycles. The van der Waals surface area contributed by atoms with Gasteiger partial charge in [-0.3, -0.25) is 9.48 Å². The molecule has 2 rings (SSSR count). The first-order valence-corrected chi connectivity index (χ1v) is 5.89. The van der Waals surface area contributed by atoms with Crippen molar-refractivity contribution >= 4 is 17.4 Å². The number of anilines is 2. The number of carbonyl (C=O) groups is 1. The minimum absolute atomic E-state index is 0.0182. The summed E-state index contributed by atoms with van der Waals surface area (Å²) in [5.41, 5.74) is 1.83. The third-order valence-electron chi connectivity index (χ3n) is 2.82. The molecule has 1 aromatic heterocycles. The fourth-order valence-electron chi connectivity index (χ4n) is 2.21. The van der Waals surface area contributed by atoms with Gasteiger partial charge in [0, 0.05) is 13.6 Å². The molecule has 0 saturated carbocycles. The van der Waals surface area contributed by atoms with E-state index < -0.39 is 0 Å². The third kappa shape index (κ3) is 2.05. The van der Waals surface area contributed by atoms with Crippen LogP contribution < -0.4 is 10.2 Å². The highest BCUT2D eigenvalue weighted by Crippen LogP contribution is 2.32. The average Bonchev–Trinajstić information content (AvgIpc) is 2.56. The first kappa shape index (κ1) is 11.7. The molecule has 1 aliphatic rings. The Balaban J connectivity index is 2.43. The van der Waals surface area contributed by atoms with Crippen LogP contribution in [0.2, 0.25) is 0 Å². The van der Waals surface area contributed by atoms with Crippen LogP contribution in [0.3, 0.4) is 0 Å². The summed E-state index contributed by atoms with van der Waals surface area (Å²) in [4.78, 5) is 13.6. The predicted molar refractivity (Wildman–Crippen MR) is 68.2 cm³/mol. The van der Waals surface area contributed by atoms with Gasteiger partial charge in [0.1, 0.15) is 5.69 Å². The molecule has 0 atom stereocenters. The number of amides is 1. The highest BCUT2D eigenvalue weighted by Gasteiger charge is 2.27. The fourth-order valence-corrected chi connectivity index (χ4v) is 2.21. The monoisotopic (exact) mass is 234 g/mol. The van der Waals surface area contributed by atoms with E-state index >= 15 is 0 Å². The van der Waals surface area contributed by atoms with Crippen molar-refractivity contribution < 1.29 is 4.79 Å². The molecule has 0 radical (unpaired) electrons. The van der Waals surface area contributed by atoms with Crippen molar-refractivity contribution in [1.82, 2.24) is 9.78 Å². The summed E-state index contributed by atoms with van der Waals surface area (Å²) >= 11 is 0. The molecule has 0 saturated heterocycles. The highest BCUT2D eigenvalue weighted by atomic mass is 16.2. The first-order chi connectivity index (χ1) is 8.17. The highest BCUT2D eigenvalue weighted by molar-refractivity contribution is 6.01. The summed E-state index contributed by atoms with van der Waals surface area (Å²) in [7, 11) is 1.91. The molecule has 5 nitrogen and oxygen atoms in total. The van der Waals surface area contributed by atoms with Crippen molar-refractivity contribution in [3.05, 3.63) is 18.3 Å². The molecule has 0 bridgehead atoms. The van der Waals surface area contributed by atoms with E-state index in [9.17, 15) is 4.79 Å². The minimum Gasteiger partial charge on any atom is -0.342 e. The van der Waals surface area contributed by atoms with E-state index in [0.29, 0.717) is 13.1 Å². The summed E-state index contributed by atoms with van der Waals surface area (Å²) in [6, 6.07) is 0. The molecule has 0 unspecified atom stereocenters. The van der Waals surface area contributed by atoms with Crippen LogP contribution in [0.1, 0.15) is 19.0 Å². The van der Waals surface area contributed by atoms with E-state index in [4.69, 9.17) is 0 Å². The normalized spacial score (nSPS) is 14.5. The van der Waals surface area contributed by atoms with Crippen molar-refractivity contribution in [2.24, 2.45) is 7.05 Å². The van der Waals surface area contributed by atoms with Crippen molar-refractivity contribution in [2.75, 3.05) is 23.3 Å². The van der Waals surface area contributed by atoms with Gasteiger partial charge in [0.05, 0.1) is 12.2 Å². The molecule has 92 valence electrons. The van der Waals surface area contributed by atoms with Crippen LogP contribution in [-0.4, -0.2) is 28.8 Å². The van der Waals surface area contributed by atoms with Gasteiger partial charge in [0.15, 0.2) is 5.82 Å². The number of aryl methyl sites for hydroxylation is 2. The Kier molecular flexibility index (Phi) is 3.17. The molecule has 2 heterocycles. The lowest BCUT2D eigenvalue weighted by Crippen LogP contribution is -2.39. The molecule has 0 spiro atoms. The van der Waals surface area contributed by atoms with E-state index in [1.165, 1.54) is 0 Å². The maximum absolute atomic E-state index is 11.7. The van der Waals surface area contributed by atoms with E-state index in [2.05, 4.69) is 23.9 Å². The van der Waals surface area contributed by atoms with Crippen LogP contribution in [0, 0.1) is 0 Å². The summed E-state index contributed by atoms with van der Waals surface area (Å²) in [6.07, 6.45) is 3.70. The van der Waals surface area contributed by atoms with Crippen LogP contribution in [0.25, 0.3) is 0 Å². The number of carbonyl (C=O) groups excluding carboxylic acids is 1. The number of nitrogens with zero attached hydrogens (tertiary/aromatic N) is 3. The molecule has 1 N–H and O–H groups in total. The van der Waals surface area contributed by atoms with Gasteiger partial charge in [0.2, 0.25) is 5.91 Å². The predicted octanol–water partition coefficient (Wildman–Crippen LogP) is 1.32. The van der Waals surface area contributed by atoms with Crippen LogP contribution in [-0.2, 0) is 18.3 Å². The SMILES string of the molecule is C=CCN1CC(=O)Nc2c(CCC)nn(C)c21. The van der Waals surface area contributed by atoms with Crippen molar-refractivity contribution in [3.8, 4) is 0 Å². The van der Waals surface area contributed by atoms with E-state index in [1.54, 1.807) is 6.08 Å². The summed E-state index contributed by atoms with van der Waals surface area (Å²) in [6.45, 7) is 6.85. The van der Waals surface area contributed by atoms with Gasteiger partial charge in [-0.25, -0.2) is 0 Å². The minimum atomic E-state index is 0.0182. The van der Waals surface area contributed by atoms with Gasteiger partial charge in [-0.15, -0.1) is 6.58 Å². The van der Waals surface area contributed by atoms with Gasteiger partial charge in [-0.2, -0.15) is 5.10 Å². The van der Waals surface area contributed by atoms with Crippen LogP contribution in [0.15, 0.2) is 12.7 Å². The van der Waals surface area contributed by atoms with Crippen LogP contribution in [0.5, 0.6) is 0 Å². The van der Waals surface area contributed by atoms with Crippen molar-refractivity contribution in [3.63, 3.8) is 0 Å². The Labute approximate surface area is 101 Å². The lowest BCUT2D eigenvalue weighted by Gasteiger charge is -2.28. The largest absolute Gasteiger partial charge is 0.342 e. The number of nitrogens with one attached hydrogen (secondary N) is 1. The average molecular weight is 234 g/mol. The Morgan fingerprint density at radius 1 is 1.59 bits per heavy atom.